The molecule has 36 heavy (non-hydrogen) atoms. The molecule has 0 radical (unpaired) electrons. The monoisotopic (exact) mass is 477 g/mol. The van der Waals surface area contributed by atoms with Crippen LogP contribution in [-0.4, -0.2) is 28.4 Å². The van der Waals surface area contributed by atoms with E-state index in [1.165, 1.54) is 6.26 Å². The Bertz CT molecular complexity index is 1670. The van der Waals surface area contributed by atoms with Gasteiger partial charge in [-0.2, -0.15) is 0 Å². The van der Waals surface area contributed by atoms with E-state index >= 15 is 0 Å². The van der Waals surface area contributed by atoms with Crippen LogP contribution in [0.3, 0.4) is 0 Å². The molecule has 2 aromatic heterocycles. The first-order chi connectivity index (χ1) is 17.7. The van der Waals surface area contributed by atoms with Crippen LogP contribution in [0.2, 0.25) is 0 Å². The van der Waals surface area contributed by atoms with Crippen molar-refractivity contribution >= 4 is 45.2 Å². The van der Waals surface area contributed by atoms with E-state index in [1.54, 1.807) is 34.3 Å². The van der Waals surface area contributed by atoms with E-state index in [-0.39, 0.29) is 11.5 Å². The fourth-order valence-corrected chi connectivity index (χ4v) is 4.65. The number of amidine groups is 1. The molecule has 3 aromatic carbocycles. The Morgan fingerprint density at radius 1 is 1.00 bits per heavy atom. The lowest BCUT2D eigenvalue weighted by molar-refractivity contribution is 0.255. The fourth-order valence-electron chi connectivity index (χ4n) is 4.65. The lowest BCUT2D eigenvalue weighted by atomic mass is 10.0. The molecule has 1 fully saturated rings. The molecule has 2 amide bonds. The van der Waals surface area contributed by atoms with Crippen molar-refractivity contribution in [2.24, 2.45) is 4.99 Å². The molecule has 1 N–H and O–H groups in total. The maximum absolute atomic E-state index is 14.1. The number of amides is 2. The Balaban J connectivity index is 1.61. The molecule has 8 nitrogen and oxygen atoms in total. The minimum Gasteiger partial charge on any atom is -0.464 e. The van der Waals surface area contributed by atoms with E-state index < -0.39 is 6.04 Å². The standard InChI is InChI=1S/C28H23N5O3/c1-2-14-29-27-25(21-16-36-24-11-7-6-10-20(24)26(21)34)32(19-12-13-22-23(15-19)31-17-30-22)28(35)33(27)18-8-4-3-5-9-18/h3-13,15-17,25H,2,14H2,1H3,(H,30,31). The van der Waals surface area contributed by atoms with Gasteiger partial charge in [-0.25, -0.2) is 14.7 Å². The molecule has 1 atom stereocenters. The van der Waals surface area contributed by atoms with Crippen LogP contribution >= 0.6 is 0 Å². The molecule has 6 rings (SSSR count). The highest BCUT2D eigenvalue weighted by Crippen LogP contribution is 2.39. The zero-order chi connectivity index (χ0) is 24.6. The molecular formula is C28H23N5O3. The molecule has 0 bridgehead atoms. The molecule has 5 aromatic rings. The highest BCUT2D eigenvalue weighted by Gasteiger charge is 2.47. The SMILES string of the molecule is CCCN=C1C(c2coc3ccccc3c2=O)N(c2ccc3nc[nH]c3c2)C(=O)N1c1ccccc1. The molecule has 1 aliphatic rings. The first kappa shape index (κ1) is 21.8. The second kappa shape index (κ2) is 8.81. The van der Waals surface area contributed by atoms with Gasteiger partial charge in [0.05, 0.1) is 34.0 Å². The van der Waals surface area contributed by atoms with Gasteiger partial charge in [-0.3, -0.25) is 14.7 Å². The van der Waals surface area contributed by atoms with Crippen molar-refractivity contribution in [1.29, 1.82) is 0 Å². The average Bonchev–Trinajstić information content (AvgIpc) is 3.49. The number of anilines is 2. The van der Waals surface area contributed by atoms with Gasteiger partial charge >= 0.3 is 6.03 Å². The van der Waals surface area contributed by atoms with Crippen LogP contribution in [0.1, 0.15) is 24.9 Å². The summed E-state index contributed by atoms with van der Waals surface area (Å²) in [5, 5.41) is 0.458. The fraction of sp³-hybridized carbons (Fsp3) is 0.143. The minimum absolute atomic E-state index is 0.193. The van der Waals surface area contributed by atoms with Crippen molar-refractivity contribution in [3.05, 3.63) is 101 Å². The normalized spacial score (nSPS) is 17.1. The van der Waals surface area contributed by atoms with E-state index in [1.807, 2.05) is 61.5 Å². The van der Waals surface area contributed by atoms with Crippen LogP contribution in [0, 0.1) is 0 Å². The number of nitrogens with one attached hydrogen (secondary N) is 1. The largest absolute Gasteiger partial charge is 0.464 e. The van der Waals surface area contributed by atoms with Gasteiger partial charge in [0, 0.05) is 12.2 Å². The van der Waals surface area contributed by atoms with Crippen LogP contribution in [0.5, 0.6) is 0 Å². The molecule has 1 aliphatic heterocycles. The number of urea groups is 1. The number of hydrogen-bond donors (Lipinski definition) is 1. The number of rotatable bonds is 5. The first-order valence-corrected chi connectivity index (χ1v) is 11.8. The number of aliphatic imine (C=N–C) groups is 1. The van der Waals surface area contributed by atoms with Crippen molar-refractivity contribution in [3.8, 4) is 0 Å². The first-order valence-electron chi connectivity index (χ1n) is 11.8. The van der Waals surface area contributed by atoms with Gasteiger partial charge in [-0.05, 0) is 48.9 Å². The van der Waals surface area contributed by atoms with Gasteiger partial charge in [0.2, 0.25) is 0 Å². The summed E-state index contributed by atoms with van der Waals surface area (Å²) in [4.78, 5) is 43.3. The van der Waals surface area contributed by atoms with E-state index in [2.05, 4.69) is 9.97 Å². The lowest BCUT2D eigenvalue weighted by Crippen LogP contribution is -2.33. The van der Waals surface area contributed by atoms with Crippen molar-refractivity contribution in [2.45, 2.75) is 19.4 Å². The maximum atomic E-state index is 14.1. The van der Waals surface area contributed by atoms with E-state index in [0.29, 0.717) is 40.3 Å². The summed E-state index contributed by atoms with van der Waals surface area (Å²) in [5.41, 5.74) is 3.52. The number of H-pyrrole nitrogens is 1. The summed E-state index contributed by atoms with van der Waals surface area (Å²) in [5.74, 6) is 0.486. The van der Waals surface area contributed by atoms with Gasteiger partial charge in [0.25, 0.3) is 0 Å². The summed E-state index contributed by atoms with van der Waals surface area (Å²) in [7, 11) is 0. The molecule has 8 heteroatoms. The number of aromatic nitrogens is 2. The summed E-state index contributed by atoms with van der Waals surface area (Å²) >= 11 is 0. The van der Waals surface area contributed by atoms with E-state index in [9.17, 15) is 9.59 Å². The number of fused-ring (bicyclic) bond motifs is 2. The second-order valence-corrected chi connectivity index (χ2v) is 8.59. The number of carbonyl (C=O) groups excluding carboxylic acids is 1. The molecule has 0 saturated carbocycles. The highest BCUT2D eigenvalue weighted by molar-refractivity contribution is 6.30. The number of imidazole rings is 1. The summed E-state index contributed by atoms with van der Waals surface area (Å²) in [6.45, 7) is 2.53. The van der Waals surface area contributed by atoms with Crippen molar-refractivity contribution in [3.63, 3.8) is 0 Å². The van der Waals surface area contributed by atoms with Crippen LogP contribution in [0.25, 0.3) is 22.0 Å². The number of carbonyl (C=O) groups is 1. The highest BCUT2D eigenvalue weighted by atomic mass is 16.3. The van der Waals surface area contributed by atoms with Crippen molar-refractivity contribution in [2.75, 3.05) is 16.3 Å². The topological polar surface area (TPSA) is 94.8 Å². The molecule has 0 spiro atoms. The van der Waals surface area contributed by atoms with Gasteiger partial charge in [-0.15, -0.1) is 0 Å². The zero-order valence-corrected chi connectivity index (χ0v) is 19.6. The predicted octanol–water partition coefficient (Wildman–Crippen LogP) is 5.67. The van der Waals surface area contributed by atoms with E-state index in [4.69, 9.17) is 9.41 Å². The third-order valence-electron chi connectivity index (χ3n) is 6.32. The van der Waals surface area contributed by atoms with Crippen molar-refractivity contribution in [1.82, 2.24) is 9.97 Å². The van der Waals surface area contributed by atoms with E-state index in [0.717, 1.165) is 17.5 Å². The lowest BCUT2D eigenvalue weighted by Gasteiger charge is -2.22. The van der Waals surface area contributed by atoms with Gasteiger partial charge in [0.1, 0.15) is 23.7 Å². The average molecular weight is 478 g/mol. The quantitative estimate of drug-likeness (QED) is 0.353. The Morgan fingerprint density at radius 3 is 2.64 bits per heavy atom. The molecule has 178 valence electrons. The smallest absolute Gasteiger partial charge is 0.335 e. The van der Waals surface area contributed by atoms with Crippen molar-refractivity contribution < 1.29 is 9.21 Å². The molecular weight excluding hydrogens is 454 g/mol. The Hall–Kier alpha value is -4.72. The van der Waals surface area contributed by atoms with Crippen LogP contribution in [0.4, 0.5) is 16.2 Å². The Labute approximate surface area is 206 Å². The van der Waals surface area contributed by atoms with Crippen LogP contribution in [-0.2, 0) is 0 Å². The number of para-hydroxylation sites is 2. The third kappa shape index (κ3) is 3.46. The summed E-state index contributed by atoms with van der Waals surface area (Å²) in [6.07, 6.45) is 3.86. The molecule has 1 unspecified atom stereocenters. The Morgan fingerprint density at radius 2 is 1.81 bits per heavy atom. The zero-order valence-electron chi connectivity index (χ0n) is 19.6. The third-order valence-corrected chi connectivity index (χ3v) is 6.32. The van der Waals surface area contributed by atoms with Crippen LogP contribution < -0.4 is 15.2 Å². The molecule has 0 aliphatic carbocycles. The number of nitrogens with zero attached hydrogens (tertiary/aromatic N) is 4. The van der Waals surface area contributed by atoms with Gasteiger partial charge in [0.15, 0.2) is 5.43 Å². The number of aromatic amines is 1. The number of hydrogen-bond acceptors (Lipinski definition) is 5. The number of benzene rings is 3. The van der Waals surface area contributed by atoms with Gasteiger partial charge < -0.3 is 9.40 Å². The molecule has 1 saturated heterocycles. The van der Waals surface area contributed by atoms with Gasteiger partial charge in [-0.1, -0.05) is 37.3 Å². The summed E-state index contributed by atoms with van der Waals surface area (Å²) < 4.78 is 5.88. The second-order valence-electron chi connectivity index (χ2n) is 8.59. The predicted molar refractivity (Wildman–Crippen MR) is 141 cm³/mol. The summed E-state index contributed by atoms with van der Waals surface area (Å²) in [6, 6.07) is 21.0. The minimum atomic E-state index is -0.773. The Kier molecular flexibility index (Phi) is 5.33. The molecule has 3 heterocycles. The van der Waals surface area contributed by atoms with Crippen LogP contribution in [0.15, 0.2) is 99.6 Å². The maximum Gasteiger partial charge on any atom is 0.335 e.